The summed E-state index contributed by atoms with van der Waals surface area (Å²) in [5.74, 6) is 0. The Kier molecular flexibility index (Phi) is 5.38. The standard InChI is InChI=1S/C21H24N4S/c1-14-9-15(2)11-20(10-14)23-21(26)22-19-7-5-18(6-8-19)13-25-17(4)12-16(3)24-25/h5-12H,13H2,1-4H3,(H2,22,23,26). The first-order valence-electron chi connectivity index (χ1n) is 8.65. The summed E-state index contributed by atoms with van der Waals surface area (Å²) in [6.45, 7) is 9.02. The van der Waals surface area contributed by atoms with Crippen molar-refractivity contribution >= 4 is 28.7 Å². The van der Waals surface area contributed by atoms with Crippen molar-refractivity contribution in [3.63, 3.8) is 0 Å². The topological polar surface area (TPSA) is 41.9 Å². The van der Waals surface area contributed by atoms with E-state index in [9.17, 15) is 0 Å². The van der Waals surface area contributed by atoms with E-state index in [0.29, 0.717) is 5.11 Å². The monoisotopic (exact) mass is 364 g/mol. The summed E-state index contributed by atoms with van der Waals surface area (Å²) in [7, 11) is 0. The maximum Gasteiger partial charge on any atom is 0.175 e. The summed E-state index contributed by atoms with van der Waals surface area (Å²) in [5, 5.41) is 11.6. The summed E-state index contributed by atoms with van der Waals surface area (Å²) >= 11 is 5.43. The fourth-order valence-electron chi connectivity index (χ4n) is 3.04. The van der Waals surface area contributed by atoms with Crippen molar-refractivity contribution in [1.29, 1.82) is 0 Å². The Balaban J connectivity index is 1.61. The molecule has 0 amide bonds. The van der Waals surface area contributed by atoms with E-state index in [1.807, 2.05) is 23.7 Å². The first-order chi connectivity index (χ1) is 12.4. The highest BCUT2D eigenvalue weighted by atomic mass is 32.1. The van der Waals surface area contributed by atoms with Crippen LogP contribution in [0.5, 0.6) is 0 Å². The number of thiocarbonyl (C=S) groups is 1. The van der Waals surface area contributed by atoms with Crippen molar-refractivity contribution in [3.8, 4) is 0 Å². The van der Waals surface area contributed by atoms with Crippen molar-refractivity contribution < 1.29 is 0 Å². The predicted octanol–water partition coefficient (Wildman–Crippen LogP) is 4.97. The van der Waals surface area contributed by atoms with Crippen molar-refractivity contribution in [2.24, 2.45) is 0 Å². The van der Waals surface area contributed by atoms with E-state index in [-0.39, 0.29) is 0 Å². The van der Waals surface area contributed by atoms with Gasteiger partial charge in [-0.15, -0.1) is 0 Å². The normalized spacial score (nSPS) is 10.6. The Labute approximate surface area is 160 Å². The quantitative estimate of drug-likeness (QED) is 0.641. The average Bonchev–Trinajstić information content (AvgIpc) is 2.85. The number of nitrogens with one attached hydrogen (secondary N) is 2. The Morgan fingerprint density at radius 1 is 0.885 bits per heavy atom. The van der Waals surface area contributed by atoms with Gasteiger partial charge in [-0.1, -0.05) is 18.2 Å². The first-order valence-corrected chi connectivity index (χ1v) is 9.06. The lowest BCUT2D eigenvalue weighted by atomic mass is 10.1. The molecule has 0 atom stereocenters. The van der Waals surface area contributed by atoms with Gasteiger partial charge in [-0.3, -0.25) is 4.68 Å². The van der Waals surface area contributed by atoms with Crippen LogP contribution in [0.3, 0.4) is 0 Å². The van der Waals surface area contributed by atoms with Crippen molar-refractivity contribution in [2.75, 3.05) is 10.6 Å². The molecular weight excluding hydrogens is 340 g/mol. The molecular formula is C21H24N4S. The van der Waals surface area contributed by atoms with Gasteiger partial charge in [0.15, 0.2) is 5.11 Å². The van der Waals surface area contributed by atoms with Crippen LogP contribution in [0.4, 0.5) is 11.4 Å². The number of nitrogens with zero attached hydrogens (tertiary/aromatic N) is 2. The van der Waals surface area contributed by atoms with Crippen molar-refractivity contribution in [2.45, 2.75) is 34.2 Å². The van der Waals surface area contributed by atoms with E-state index in [1.54, 1.807) is 0 Å². The van der Waals surface area contributed by atoms with Crippen LogP contribution >= 0.6 is 12.2 Å². The van der Waals surface area contributed by atoms with Gasteiger partial charge in [-0.25, -0.2) is 0 Å². The molecule has 0 unspecified atom stereocenters. The largest absolute Gasteiger partial charge is 0.332 e. The molecule has 2 aromatic carbocycles. The molecule has 0 aliphatic rings. The lowest BCUT2D eigenvalue weighted by Gasteiger charge is -2.12. The second-order valence-corrected chi connectivity index (χ2v) is 7.15. The van der Waals surface area contributed by atoms with Gasteiger partial charge >= 0.3 is 0 Å². The minimum Gasteiger partial charge on any atom is -0.332 e. The zero-order valence-corrected chi connectivity index (χ0v) is 16.4. The number of hydrogen-bond donors (Lipinski definition) is 2. The molecule has 0 spiro atoms. The third-order valence-corrected chi connectivity index (χ3v) is 4.33. The zero-order chi connectivity index (χ0) is 18.7. The van der Waals surface area contributed by atoms with Gasteiger partial charge < -0.3 is 10.6 Å². The Morgan fingerprint density at radius 2 is 1.50 bits per heavy atom. The van der Waals surface area contributed by atoms with Crippen LogP contribution in [0.25, 0.3) is 0 Å². The van der Waals surface area contributed by atoms with Crippen molar-refractivity contribution in [1.82, 2.24) is 9.78 Å². The second-order valence-electron chi connectivity index (χ2n) is 6.74. The lowest BCUT2D eigenvalue weighted by Crippen LogP contribution is -2.19. The molecule has 0 saturated carbocycles. The third-order valence-electron chi connectivity index (χ3n) is 4.13. The average molecular weight is 365 g/mol. The molecule has 4 nitrogen and oxygen atoms in total. The van der Waals surface area contributed by atoms with Gasteiger partial charge in [0.1, 0.15) is 0 Å². The molecule has 134 valence electrons. The molecule has 0 radical (unpaired) electrons. The number of aryl methyl sites for hydroxylation is 4. The Hall–Kier alpha value is -2.66. The molecule has 0 bridgehead atoms. The molecule has 3 rings (SSSR count). The second kappa shape index (κ2) is 7.70. The van der Waals surface area contributed by atoms with E-state index < -0.39 is 0 Å². The van der Waals surface area contributed by atoms with Gasteiger partial charge in [0.2, 0.25) is 0 Å². The van der Waals surface area contributed by atoms with E-state index in [4.69, 9.17) is 12.2 Å². The van der Waals surface area contributed by atoms with Crippen LogP contribution in [0.2, 0.25) is 0 Å². The van der Waals surface area contributed by atoms with E-state index in [2.05, 4.69) is 72.9 Å². The molecule has 0 aliphatic carbocycles. The first kappa shape index (κ1) is 18.1. The van der Waals surface area contributed by atoms with E-state index >= 15 is 0 Å². The van der Waals surface area contributed by atoms with Crippen LogP contribution in [0.1, 0.15) is 28.1 Å². The van der Waals surface area contributed by atoms with Gasteiger partial charge in [0.25, 0.3) is 0 Å². The summed E-state index contributed by atoms with van der Waals surface area (Å²) in [5.41, 5.74) is 7.81. The molecule has 26 heavy (non-hydrogen) atoms. The molecule has 0 aliphatic heterocycles. The number of aromatic nitrogens is 2. The minimum atomic E-state index is 0.585. The van der Waals surface area contributed by atoms with Crippen LogP contribution in [-0.4, -0.2) is 14.9 Å². The van der Waals surface area contributed by atoms with Crippen LogP contribution in [0, 0.1) is 27.7 Å². The number of rotatable bonds is 4. The van der Waals surface area contributed by atoms with Crippen LogP contribution in [0.15, 0.2) is 48.5 Å². The molecule has 2 N–H and O–H groups in total. The SMILES string of the molecule is Cc1cc(C)cc(NC(=S)Nc2ccc(Cn3nc(C)cc3C)cc2)c1. The van der Waals surface area contributed by atoms with E-state index in [1.165, 1.54) is 22.4 Å². The number of benzene rings is 2. The maximum atomic E-state index is 5.43. The highest BCUT2D eigenvalue weighted by molar-refractivity contribution is 7.80. The summed E-state index contributed by atoms with van der Waals surface area (Å²) < 4.78 is 2.02. The minimum absolute atomic E-state index is 0.585. The number of hydrogen-bond acceptors (Lipinski definition) is 2. The fraction of sp³-hybridized carbons (Fsp3) is 0.238. The summed E-state index contributed by atoms with van der Waals surface area (Å²) in [6.07, 6.45) is 0. The molecule has 3 aromatic rings. The van der Waals surface area contributed by atoms with Crippen LogP contribution in [-0.2, 0) is 6.54 Å². The van der Waals surface area contributed by atoms with E-state index in [0.717, 1.165) is 23.6 Å². The van der Waals surface area contributed by atoms with Gasteiger partial charge in [0, 0.05) is 17.1 Å². The highest BCUT2D eigenvalue weighted by Crippen LogP contribution is 2.16. The molecule has 1 heterocycles. The Bertz CT molecular complexity index is 905. The summed E-state index contributed by atoms with van der Waals surface area (Å²) in [4.78, 5) is 0. The van der Waals surface area contributed by atoms with Gasteiger partial charge in [0.05, 0.1) is 12.2 Å². The molecule has 0 saturated heterocycles. The fourth-order valence-corrected chi connectivity index (χ4v) is 3.28. The van der Waals surface area contributed by atoms with Gasteiger partial charge in [-0.2, -0.15) is 5.10 Å². The zero-order valence-electron chi connectivity index (χ0n) is 15.6. The van der Waals surface area contributed by atoms with Gasteiger partial charge in [-0.05, 0) is 86.9 Å². The smallest absolute Gasteiger partial charge is 0.175 e. The highest BCUT2D eigenvalue weighted by Gasteiger charge is 2.04. The lowest BCUT2D eigenvalue weighted by molar-refractivity contribution is 0.659. The maximum absolute atomic E-state index is 5.43. The molecule has 1 aromatic heterocycles. The Morgan fingerprint density at radius 3 is 2.08 bits per heavy atom. The van der Waals surface area contributed by atoms with Crippen molar-refractivity contribution in [3.05, 3.63) is 76.6 Å². The number of anilines is 2. The predicted molar refractivity (Wildman–Crippen MR) is 113 cm³/mol. The van der Waals surface area contributed by atoms with Crippen LogP contribution < -0.4 is 10.6 Å². The summed E-state index contributed by atoms with van der Waals surface area (Å²) in [6, 6.07) is 16.7. The third kappa shape index (κ3) is 4.70. The molecule has 0 fully saturated rings. The molecule has 5 heteroatoms.